The number of rotatable bonds is 7. The molecule has 0 aliphatic heterocycles. The quantitative estimate of drug-likeness (QED) is 0.796. The fourth-order valence-corrected chi connectivity index (χ4v) is 2.87. The molecule has 0 aliphatic rings. The number of carbonyl (C=O) groups is 2. The Labute approximate surface area is 153 Å². The third-order valence-electron chi connectivity index (χ3n) is 4.37. The first-order chi connectivity index (χ1) is 12.3. The van der Waals surface area contributed by atoms with Crippen molar-refractivity contribution < 1.29 is 14.7 Å². The molecule has 2 amide bonds. The zero-order valence-corrected chi connectivity index (χ0v) is 15.6. The standard InChI is InChI=1S/C19H26N4O3/c1-13-5-6-16(14(2)9-13)17(11-23-8-7-20-12-23)21-19(26)22(4)10-15(3)18(24)25/h5-9,12,15,17H,10-11H2,1-4H3,(H,21,26)(H,24,25). The number of benzene rings is 1. The number of hydrogen-bond donors (Lipinski definition) is 2. The van der Waals surface area contributed by atoms with Gasteiger partial charge in [0.15, 0.2) is 0 Å². The van der Waals surface area contributed by atoms with Crippen molar-refractivity contribution in [1.82, 2.24) is 19.8 Å². The van der Waals surface area contributed by atoms with Gasteiger partial charge in [0.25, 0.3) is 0 Å². The summed E-state index contributed by atoms with van der Waals surface area (Å²) in [6.45, 7) is 6.32. The molecule has 26 heavy (non-hydrogen) atoms. The lowest BCUT2D eigenvalue weighted by Crippen LogP contribution is -2.43. The van der Waals surface area contributed by atoms with Gasteiger partial charge in [0.05, 0.1) is 18.3 Å². The molecule has 1 aromatic heterocycles. The second-order valence-corrected chi connectivity index (χ2v) is 6.74. The van der Waals surface area contributed by atoms with Crippen molar-refractivity contribution in [3.05, 3.63) is 53.6 Å². The fraction of sp³-hybridized carbons (Fsp3) is 0.421. The van der Waals surface area contributed by atoms with Crippen molar-refractivity contribution in [2.24, 2.45) is 5.92 Å². The van der Waals surface area contributed by atoms with Gasteiger partial charge in [-0.1, -0.05) is 30.7 Å². The summed E-state index contributed by atoms with van der Waals surface area (Å²) in [5, 5.41) is 12.1. The number of urea groups is 1. The van der Waals surface area contributed by atoms with Crippen LogP contribution < -0.4 is 5.32 Å². The van der Waals surface area contributed by atoms with Crippen molar-refractivity contribution in [2.45, 2.75) is 33.4 Å². The predicted molar refractivity (Wildman–Crippen MR) is 98.8 cm³/mol. The van der Waals surface area contributed by atoms with Crippen LogP contribution in [0.25, 0.3) is 0 Å². The van der Waals surface area contributed by atoms with E-state index in [2.05, 4.69) is 16.4 Å². The van der Waals surface area contributed by atoms with Crippen LogP contribution in [0.5, 0.6) is 0 Å². The number of nitrogens with zero attached hydrogens (tertiary/aromatic N) is 3. The molecule has 0 saturated heterocycles. The van der Waals surface area contributed by atoms with Crippen LogP contribution >= 0.6 is 0 Å². The van der Waals surface area contributed by atoms with E-state index in [0.29, 0.717) is 6.54 Å². The monoisotopic (exact) mass is 358 g/mol. The lowest BCUT2D eigenvalue weighted by molar-refractivity contribution is -0.141. The van der Waals surface area contributed by atoms with Crippen molar-refractivity contribution >= 4 is 12.0 Å². The molecule has 0 fully saturated rings. The largest absolute Gasteiger partial charge is 0.481 e. The maximum Gasteiger partial charge on any atom is 0.317 e. The Morgan fingerprint density at radius 1 is 1.35 bits per heavy atom. The van der Waals surface area contributed by atoms with Crippen LogP contribution in [-0.4, -0.2) is 45.2 Å². The van der Waals surface area contributed by atoms with Crippen LogP contribution in [0.1, 0.15) is 29.7 Å². The number of carboxylic acid groups (broad SMARTS) is 1. The second-order valence-electron chi connectivity index (χ2n) is 6.74. The number of amides is 2. The Morgan fingerprint density at radius 2 is 2.08 bits per heavy atom. The normalized spacial score (nSPS) is 13.1. The molecular weight excluding hydrogens is 332 g/mol. The van der Waals surface area contributed by atoms with E-state index in [9.17, 15) is 9.59 Å². The highest BCUT2D eigenvalue weighted by Gasteiger charge is 2.22. The molecule has 2 N–H and O–H groups in total. The molecule has 0 bridgehead atoms. The number of aromatic nitrogens is 2. The van der Waals surface area contributed by atoms with Gasteiger partial charge in [-0.2, -0.15) is 0 Å². The second kappa shape index (κ2) is 8.51. The van der Waals surface area contributed by atoms with Gasteiger partial charge in [-0.3, -0.25) is 4.79 Å². The Kier molecular flexibility index (Phi) is 6.38. The highest BCUT2D eigenvalue weighted by atomic mass is 16.4. The van der Waals surface area contributed by atoms with Gasteiger partial charge in [0.1, 0.15) is 0 Å². The Morgan fingerprint density at radius 3 is 2.65 bits per heavy atom. The van der Waals surface area contributed by atoms with E-state index < -0.39 is 11.9 Å². The molecule has 2 atom stereocenters. The molecule has 2 aromatic rings. The summed E-state index contributed by atoms with van der Waals surface area (Å²) >= 11 is 0. The smallest absolute Gasteiger partial charge is 0.317 e. The maximum atomic E-state index is 12.6. The van der Waals surface area contributed by atoms with E-state index in [0.717, 1.165) is 16.7 Å². The summed E-state index contributed by atoms with van der Waals surface area (Å²) in [6, 6.07) is 5.57. The molecule has 7 heteroatoms. The SMILES string of the molecule is Cc1ccc(C(Cn2ccnc2)NC(=O)N(C)CC(C)C(=O)O)c(C)c1. The summed E-state index contributed by atoms with van der Waals surface area (Å²) in [5.74, 6) is -1.55. The average molecular weight is 358 g/mol. The van der Waals surface area contributed by atoms with Gasteiger partial charge >= 0.3 is 12.0 Å². The van der Waals surface area contributed by atoms with E-state index in [-0.39, 0.29) is 18.6 Å². The minimum atomic E-state index is -0.922. The lowest BCUT2D eigenvalue weighted by Gasteiger charge is -2.26. The summed E-state index contributed by atoms with van der Waals surface area (Å²) in [4.78, 5) is 29.1. The van der Waals surface area contributed by atoms with Gasteiger partial charge in [0.2, 0.25) is 0 Å². The van der Waals surface area contributed by atoms with Crippen LogP contribution in [0.3, 0.4) is 0 Å². The fourth-order valence-electron chi connectivity index (χ4n) is 2.87. The Balaban J connectivity index is 2.18. The molecule has 0 radical (unpaired) electrons. The van der Waals surface area contributed by atoms with E-state index in [1.54, 1.807) is 26.5 Å². The van der Waals surface area contributed by atoms with Crippen molar-refractivity contribution in [3.8, 4) is 0 Å². The van der Waals surface area contributed by atoms with Crippen LogP contribution in [0.4, 0.5) is 4.79 Å². The number of nitrogens with one attached hydrogen (secondary N) is 1. The zero-order valence-electron chi connectivity index (χ0n) is 15.6. The van der Waals surface area contributed by atoms with Gasteiger partial charge < -0.3 is 19.9 Å². The molecule has 7 nitrogen and oxygen atoms in total. The minimum absolute atomic E-state index is 0.145. The van der Waals surface area contributed by atoms with Gasteiger partial charge in [-0.05, 0) is 25.0 Å². The van der Waals surface area contributed by atoms with Crippen molar-refractivity contribution in [2.75, 3.05) is 13.6 Å². The third kappa shape index (κ3) is 5.08. The Hall–Kier alpha value is -2.83. The maximum absolute atomic E-state index is 12.6. The number of carbonyl (C=O) groups excluding carboxylic acids is 1. The molecular formula is C19H26N4O3. The molecule has 1 aromatic carbocycles. The van der Waals surface area contributed by atoms with Gasteiger partial charge in [0, 0.05) is 32.5 Å². The highest BCUT2D eigenvalue weighted by Crippen LogP contribution is 2.21. The number of aryl methyl sites for hydroxylation is 2. The first-order valence-corrected chi connectivity index (χ1v) is 8.55. The molecule has 2 rings (SSSR count). The first-order valence-electron chi connectivity index (χ1n) is 8.55. The van der Waals surface area contributed by atoms with Crippen molar-refractivity contribution in [3.63, 3.8) is 0 Å². The molecule has 2 unspecified atom stereocenters. The van der Waals surface area contributed by atoms with Crippen LogP contribution in [0.2, 0.25) is 0 Å². The topological polar surface area (TPSA) is 87.5 Å². The summed E-state index contributed by atoms with van der Waals surface area (Å²) in [5.41, 5.74) is 3.28. The van der Waals surface area contributed by atoms with Gasteiger partial charge in [-0.25, -0.2) is 9.78 Å². The molecule has 140 valence electrons. The number of carboxylic acids is 1. The van der Waals surface area contributed by atoms with Crippen molar-refractivity contribution in [1.29, 1.82) is 0 Å². The lowest BCUT2D eigenvalue weighted by atomic mass is 9.99. The summed E-state index contributed by atoms with van der Waals surface area (Å²) < 4.78 is 1.91. The molecule has 1 heterocycles. The van der Waals surface area contributed by atoms with E-state index in [1.807, 2.05) is 36.7 Å². The minimum Gasteiger partial charge on any atom is -0.481 e. The Bertz CT molecular complexity index is 758. The molecule has 0 saturated carbocycles. The molecule has 0 spiro atoms. The van der Waals surface area contributed by atoms with Crippen LogP contribution in [0, 0.1) is 19.8 Å². The number of imidazole rings is 1. The number of aliphatic carboxylic acids is 1. The van der Waals surface area contributed by atoms with E-state index in [1.165, 1.54) is 4.90 Å². The van der Waals surface area contributed by atoms with E-state index >= 15 is 0 Å². The summed E-state index contributed by atoms with van der Waals surface area (Å²) in [6.07, 6.45) is 5.25. The van der Waals surface area contributed by atoms with Gasteiger partial charge in [-0.15, -0.1) is 0 Å². The average Bonchev–Trinajstić information content (AvgIpc) is 3.07. The zero-order chi connectivity index (χ0) is 19.3. The predicted octanol–water partition coefficient (Wildman–Crippen LogP) is 2.60. The van der Waals surface area contributed by atoms with Crippen LogP contribution in [-0.2, 0) is 11.3 Å². The van der Waals surface area contributed by atoms with E-state index in [4.69, 9.17) is 5.11 Å². The first kappa shape index (κ1) is 19.5. The highest BCUT2D eigenvalue weighted by molar-refractivity contribution is 5.76. The molecule has 0 aliphatic carbocycles. The number of hydrogen-bond acceptors (Lipinski definition) is 3. The van der Waals surface area contributed by atoms with Crippen LogP contribution in [0.15, 0.2) is 36.9 Å². The third-order valence-corrected chi connectivity index (χ3v) is 4.37. The summed E-state index contributed by atoms with van der Waals surface area (Å²) in [7, 11) is 1.60.